The number of carbonyl (C=O) groups is 1. The number of aromatic nitrogens is 1. The van der Waals surface area contributed by atoms with E-state index >= 15 is 0 Å². The number of methoxy groups -OCH3 is 1. The lowest BCUT2D eigenvalue weighted by Gasteiger charge is -2.34. The second-order valence-corrected chi connectivity index (χ2v) is 8.24. The van der Waals surface area contributed by atoms with Crippen LogP contribution in [0, 0.1) is 11.8 Å². The van der Waals surface area contributed by atoms with Crippen molar-refractivity contribution in [1.82, 2.24) is 9.88 Å². The summed E-state index contributed by atoms with van der Waals surface area (Å²) >= 11 is 1.49. The fourth-order valence-electron chi connectivity index (χ4n) is 3.83. The highest BCUT2D eigenvalue weighted by molar-refractivity contribution is 7.20. The van der Waals surface area contributed by atoms with E-state index in [1.165, 1.54) is 17.8 Å². The van der Waals surface area contributed by atoms with Crippen LogP contribution in [0.3, 0.4) is 0 Å². The Morgan fingerprint density at radius 2 is 1.92 bits per heavy atom. The van der Waals surface area contributed by atoms with Crippen LogP contribution in [0.5, 0.6) is 5.75 Å². The number of piperidine rings is 1. The van der Waals surface area contributed by atoms with Gasteiger partial charge in [0.05, 0.1) is 17.5 Å². The van der Waals surface area contributed by atoms with Crippen molar-refractivity contribution in [3.05, 3.63) is 35.2 Å². The number of pyridine rings is 1. The summed E-state index contributed by atoms with van der Waals surface area (Å²) in [6.45, 7) is 6.15. The second-order valence-electron chi connectivity index (χ2n) is 7.21. The molecule has 2 aromatic heterocycles. The molecule has 1 aliphatic heterocycles. The number of hydrogen-bond donors (Lipinski definition) is 0. The van der Waals surface area contributed by atoms with Gasteiger partial charge in [0, 0.05) is 23.9 Å². The standard InChI is InChI=1S/C20H22N2O2S/c1-12-6-13(2)11-22(10-12)20(23)18-9-15-7-14-8-16(24-3)4-5-17(14)21-19(15)25-18/h4-5,7-9,12-13H,6,10-11H2,1-3H3. The number of rotatable bonds is 2. The maximum Gasteiger partial charge on any atom is 0.264 e. The van der Waals surface area contributed by atoms with E-state index in [2.05, 4.69) is 19.9 Å². The zero-order valence-electron chi connectivity index (χ0n) is 14.8. The maximum absolute atomic E-state index is 12.9. The molecule has 0 bridgehead atoms. The van der Waals surface area contributed by atoms with Crippen LogP contribution in [0.2, 0.25) is 0 Å². The lowest BCUT2D eigenvalue weighted by molar-refractivity contribution is 0.0628. The fourth-order valence-corrected chi connectivity index (χ4v) is 4.82. The number of likely N-dealkylation sites (tertiary alicyclic amines) is 1. The lowest BCUT2D eigenvalue weighted by atomic mass is 9.92. The Balaban J connectivity index is 1.70. The van der Waals surface area contributed by atoms with Crippen molar-refractivity contribution in [1.29, 1.82) is 0 Å². The summed E-state index contributed by atoms with van der Waals surface area (Å²) in [5, 5.41) is 2.05. The van der Waals surface area contributed by atoms with Gasteiger partial charge < -0.3 is 9.64 Å². The van der Waals surface area contributed by atoms with Gasteiger partial charge in [-0.3, -0.25) is 4.79 Å². The third-order valence-corrected chi connectivity index (χ3v) is 5.91. The number of amides is 1. The molecule has 1 saturated heterocycles. The van der Waals surface area contributed by atoms with Gasteiger partial charge in [0.1, 0.15) is 10.6 Å². The van der Waals surface area contributed by atoms with Crippen molar-refractivity contribution in [2.24, 2.45) is 11.8 Å². The summed E-state index contributed by atoms with van der Waals surface area (Å²) < 4.78 is 5.29. The first kappa shape index (κ1) is 16.3. The van der Waals surface area contributed by atoms with Crippen molar-refractivity contribution < 1.29 is 9.53 Å². The van der Waals surface area contributed by atoms with Gasteiger partial charge in [-0.2, -0.15) is 0 Å². The molecule has 0 radical (unpaired) electrons. The molecule has 4 nitrogen and oxygen atoms in total. The summed E-state index contributed by atoms with van der Waals surface area (Å²) in [7, 11) is 1.66. The van der Waals surface area contributed by atoms with E-state index in [4.69, 9.17) is 9.72 Å². The normalized spacial score (nSPS) is 21.0. The van der Waals surface area contributed by atoms with Crippen LogP contribution in [-0.4, -0.2) is 36.0 Å². The Labute approximate surface area is 151 Å². The molecule has 0 N–H and O–H groups in total. The molecule has 1 fully saturated rings. The number of nitrogens with zero attached hydrogens (tertiary/aromatic N) is 2. The SMILES string of the molecule is COc1ccc2nc3sc(C(=O)N4CC(C)CC(C)C4)cc3cc2c1. The van der Waals surface area contributed by atoms with E-state index in [0.717, 1.165) is 44.8 Å². The van der Waals surface area contributed by atoms with Crippen LogP contribution in [0.25, 0.3) is 21.1 Å². The van der Waals surface area contributed by atoms with Gasteiger partial charge in [-0.15, -0.1) is 11.3 Å². The van der Waals surface area contributed by atoms with Crippen molar-refractivity contribution in [2.75, 3.05) is 20.2 Å². The molecule has 0 saturated carbocycles. The summed E-state index contributed by atoms with van der Waals surface area (Å²) in [5.74, 6) is 2.09. The van der Waals surface area contributed by atoms with Crippen molar-refractivity contribution in [3.8, 4) is 5.75 Å². The zero-order valence-corrected chi connectivity index (χ0v) is 15.6. The molecular weight excluding hydrogens is 332 g/mol. The Morgan fingerprint density at radius 1 is 1.16 bits per heavy atom. The molecule has 0 spiro atoms. The van der Waals surface area contributed by atoms with Crippen LogP contribution in [0.15, 0.2) is 30.3 Å². The van der Waals surface area contributed by atoms with Crippen molar-refractivity contribution >= 4 is 38.4 Å². The van der Waals surface area contributed by atoms with E-state index in [1.54, 1.807) is 7.11 Å². The Kier molecular flexibility index (Phi) is 4.12. The zero-order chi connectivity index (χ0) is 17.6. The van der Waals surface area contributed by atoms with Gasteiger partial charge in [-0.25, -0.2) is 4.98 Å². The molecule has 1 amide bonds. The molecule has 1 aliphatic rings. The molecule has 2 atom stereocenters. The Hall–Kier alpha value is -2.14. The minimum atomic E-state index is 0.142. The molecular formula is C20H22N2O2S. The average molecular weight is 354 g/mol. The summed E-state index contributed by atoms with van der Waals surface area (Å²) in [6, 6.07) is 9.93. The molecule has 25 heavy (non-hydrogen) atoms. The first-order chi connectivity index (χ1) is 12.0. The van der Waals surface area contributed by atoms with Crippen LogP contribution in [-0.2, 0) is 0 Å². The predicted octanol–water partition coefficient (Wildman–Crippen LogP) is 4.58. The third-order valence-electron chi connectivity index (χ3n) is 4.87. The number of benzene rings is 1. The molecule has 1 aromatic carbocycles. The average Bonchev–Trinajstić information content (AvgIpc) is 3.00. The second kappa shape index (κ2) is 6.30. The summed E-state index contributed by atoms with van der Waals surface area (Å²) in [5.41, 5.74) is 0.925. The Bertz CT molecular complexity index is 939. The van der Waals surface area contributed by atoms with Crippen molar-refractivity contribution in [3.63, 3.8) is 0 Å². The minimum Gasteiger partial charge on any atom is -0.497 e. The van der Waals surface area contributed by atoms with E-state index in [-0.39, 0.29) is 5.91 Å². The first-order valence-electron chi connectivity index (χ1n) is 8.71. The van der Waals surface area contributed by atoms with Gasteiger partial charge in [0.2, 0.25) is 0 Å². The van der Waals surface area contributed by atoms with E-state index < -0.39 is 0 Å². The molecule has 130 valence electrons. The number of carbonyl (C=O) groups excluding carboxylic acids is 1. The van der Waals surface area contributed by atoms with Crippen molar-refractivity contribution in [2.45, 2.75) is 20.3 Å². The van der Waals surface area contributed by atoms with Crippen LogP contribution < -0.4 is 4.74 Å². The topological polar surface area (TPSA) is 42.4 Å². The molecule has 2 unspecified atom stereocenters. The number of thiophene rings is 1. The van der Waals surface area contributed by atoms with Crippen LogP contribution >= 0.6 is 11.3 Å². The Morgan fingerprint density at radius 3 is 2.64 bits per heavy atom. The van der Waals surface area contributed by atoms with Crippen LogP contribution in [0.1, 0.15) is 29.9 Å². The molecule has 0 aliphatic carbocycles. The highest BCUT2D eigenvalue weighted by atomic mass is 32.1. The minimum absolute atomic E-state index is 0.142. The largest absolute Gasteiger partial charge is 0.497 e. The van der Waals surface area contributed by atoms with Gasteiger partial charge in [0.15, 0.2) is 0 Å². The maximum atomic E-state index is 12.9. The van der Waals surface area contributed by atoms with Crippen LogP contribution in [0.4, 0.5) is 0 Å². The van der Waals surface area contributed by atoms with Gasteiger partial charge in [0.25, 0.3) is 5.91 Å². The number of ether oxygens (including phenoxy) is 1. The quantitative estimate of drug-likeness (QED) is 0.677. The molecule has 3 aromatic rings. The summed E-state index contributed by atoms with van der Waals surface area (Å²) in [6.07, 6.45) is 1.20. The van der Waals surface area contributed by atoms with E-state index in [1.807, 2.05) is 29.2 Å². The fraction of sp³-hybridized carbons (Fsp3) is 0.400. The monoisotopic (exact) mass is 354 g/mol. The smallest absolute Gasteiger partial charge is 0.264 e. The molecule has 5 heteroatoms. The van der Waals surface area contributed by atoms with Gasteiger partial charge in [-0.05, 0) is 48.6 Å². The highest BCUT2D eigenvalue weighted by Crippen LogP contribution is 2.31. The number of fused-ring (bicyclic) bond motifs is 2. The van der Waals surface area contributed by atoms with E-state index in [0.29, 0.717) is 11.8 Å². The van der Waals surface area contributed by atoms with Gasteiger partial charge >= 0.3 is 0 Å². The van der Waals surface area contributed by atoms with E-state index in [9.17, 15) is 4.79 Å². The highest BCUT2D eigenvalue weighted by Gasteiger charge is 2.27. The van der Waals surface area contributed by atoms with Gasteiger partial charge in [-0.1, -0.05) is 13.8 Å². The summed E-state index contributed by atoms with van der Waals surface area (Å²) in [4.78, 5) is 21.4. The number of hydrogen-bond acceptors (Lipinski definition) is 4. The first-order valence-corrected chi connectivity index (χ1v) is 9.52. The third kappa shape index (κ3) is 3.09. The molecule has 4 rings (SSSR count). The predicted molar refractivity (Wildman–Crippen MR) is 103 cm³/mol. The molecule has 3 heterocycles. The lowest BCUT2D eigenvalue weighted by Crippen LogP contribution is -2.42.